The SMILES string of the molecule is Cc1ccn(C)c1C(=O)N1C[C@H](O)C[C@@H]1c1ccc(F)cc1. The highest BCUT2D eigenvalue weighted by Crippen LogP contribution is 2.33. The van der Waals surface area contributed by atoms with Crippen molar-refractivity contribution in [2.75, 3.05) is 6.54 Å². The molecule has 0 aliphatic carbocycles. The second kappa shape index (κ2) is 5.57. The monoisotopic (exact) mass is 302 g/mol. The number of carbonyl (C=O) groups is 1. The van der Waals surface area contributed by atoms with Crippen molar-refractivity contribution in [2.24, 2.45) is 7.05 Å². The topological polar surface area (TPSA) is 45.5 Å². The summed E-state index contributed by atoms with van der Waals surface area (Å²) >= 11 is 0. The molecule has 1 saturated heterocycles. The van der Waals surface area contributed by atoms with Crippen LogP contribution in [0.5, 0.6) is 0 Å². The Balaban J connectivity index is 1.94. The van der Waals surface area contributed by atoms with Crippen LogP contribution in [-0.2, 0) is 7.05 Å². The number of carbonyl (C=O) groups excluding carboxylic acids is 1. The van der Waals surface area contributed by atoms with Crippen LogP contribution in [0, 0.1) is 12.7 Å². The third-order valence-electron chi connectivity index (χ3n) is 4.27. The smallest absolute Gasteiger partial charge is 0.271 e. The van der Waals surface area contributed by atoms with Gasteiger partial charge in [0.2, 0.25) is 0 Å². The molecule has 5 heteroatoms. The molecule has 2 atom stereocenters. The number of benzene rings is 1. The summed E-state index contributed by atoms with van der Waals surface area (Å²) < 4.78 is 14.9. The molecule has 1 aliphatic heterocycles. The molecule has 0 saturated carbocycles. The Morgan fingerprint density at radius 2 is 1.95 bits per heavy atom. The first-order valence-corrected chi connectivity index (χ1v) is 7.34. The fourth-order valence-electron chi connectivity index (χ4n) is 3.15. The Morgan fingerprint density at radius 1 is 1.27 bits per heavy atom. The van der Waals surface area contributed by atoms with Crippen LogP contribution in [0.3, 0.4) is 0 Å². The largest absolute Gasteiger partial charge is 0.391 e. The van der Waals surface area contributed by atoms with E-state index < -0.39 is 6.10 Å². The summed E-state index contributed by atoms with van der Waals surface area (Å²) in [5.74, 6) is -0.408. The van der Waals surface area contributed by atoms with E-state index >= 15 is 0 Å². The lowest BCUT2D eigenvalue weighted by Crippen LogP contribution is -2.33. The number of aliphatic hydroxyl groups excluding tert-OH is 1. The van der Waals surface area contributed by atoms with E-state index in [4.69, 9.17) is 0 Å². The van der Waals surface area contributed by atoms with Crippen molar-refractivity contribution in [1.82, 2.24) is 9.47 Å². The molecule has 1 aromatic heterocycles. The van der Waals surface area contributed by atoms with Crippen LogP contribution in [0.4, 0.5) is 4.39 Å². The molecule has 2 heterocycles. The maximum Gasteiger partial charge on any atom is 0.271 e. The third kappa shape index (κ3) is 2.52. The predicted molar refractivity (Wildman–Crippen MR) is 81.0 cm³/mol. The van der Waals surface area contributed by atoms with Gasteiger partial charge in [-0.3, -0.25) is 4.79 Å². The van der Waals surface area contributed by atoms with E-state index in [1.165, 1.54) is 12.1 Å². The second-order valence-corrected chi connectivity index (χ2v) is 5.87. The zero-order valence-electron chi connectivity index (χ0n) is 12.7. The van der Waals surface area contributed by atoms with Gasteiger partial charge in [-0.2, -0.15) is 0 Å². The number of hydrogen-bond acceptors (Lipinski definition) is 2. The Morgan fingerprint density at radius 3 is 2.55 bits per heavy atom. The summed E-state index contributed by atoms with van der Waals surface area (Å²) in [4.78, 5) is 14.5. The Bertz CT molecular complexity index is 674. The lowest BCUT2D eigenvalue weighted by molar-refractivity contribution is 0.0705. The summed E-state index contributed by atoms with van der Waals surface area (Å²) in [6.07, 6.45) is 1.77. The predicted octanol–water partition coefficient (Wildman–Crippen LogP) is 2.42. The van der Waals surface area contributed by atoms with Crippen molar-refractivity contribution in [3.63, 3.8) is 0 Å². The quantitative estimate of drug-likeness (QED) is 0.926. The number of aliphatic hydroxyl groups is 1. The molecule has 0 bridgehead atoms. The lowest BCUT2D eigenvalue weighted by Gasteiger charge is -2.25. The van der Waals surface area contributed by atoms with Crippen molar-refractivity contribution >= 4 is 5.91 Å². The van der Waals surface area contributed by atoms with Gasteiger partial charge >= 0.3 is 0 Å². The lowest BCUT2D eigenvalue weighted by atomic mass is 10.0. The highest BCUT2D eigenvalue weighted by molar-refractivity contribution is 5.94. The van der Waals surface area contributed by atoms with Gasteiger partial charge in [-0.05, 0) is 42.7 Å². The van der Waals surface area contributed by atoms with Gasteiger partial charge in [0.1, 0.15) is 11.5 Å². The Labute approximate surface area is 128 Å². The van der Waals surface area contributed by atoms with Crippen molar-refractivity contribution in [3.8, 4) is 0 Å². The van der Waals surface area contributed by atoms with Crippen LogP contribution < -0.4 is 0 Å². The van der Waals surface area contributed by atoms with E-state index in [1.807, 2.05) is 26.2 Å². The van der Waals surface area contributed by atoms with E-state index in [9.17, 15) is 14.3 Å². The number of aryl methyl sites for hydroxylation is 2. The van der Waals surface area contributed by atoms with Crippen molar-refractivity contribution in [2.45, 2.75) is 25.5 Å². The van der Waals surface area contributed by atoms with Gasteiger partial charge in [0.25, 0.3) is 5.91 Å². The zero-order valence-corrected chi connectivity index (χ0v) is 12.7. The fourth-order valence-corrected chi connectivity index (χ4v) is 3.15. The van der Waals surface area contributed by atoms with Gasteiger partial charge in [0, 0.05) is 19.8 Å². The number of hydrogen-bond donors (Lipinski definition) is 1. The zero-order chi connectivity index (χ0) is 15.9. The van der Waals surface area contributed by atoms with Crippen molar-refractivity contribution < 1.29 is 14.3 Å². The molecule has 0 radical (unpaired) electrons. The molecule has 3 rings (SSSR count). The third-order valence-corrected chi connectivity index (χ3v) is 4.27. The highest BCUT2D eigenvalue weighted by atomic mass is 19.1. The number of aromatic nitrogens is 1. The number of rotatable bonds is 2. The van der Waals surface area contributed by atoms with Crippen molar-refractivity contribution in [1.29, 1.82) is 0 Å². The van der Waals surface area contributed by atoms with Gasteiger partial charge in [-0.25, -0.2) is 4.39 Å². The average molecular weight is 302 g/mol. The van der Waals surface area contributed by atoms with Gasteiger partial charge < -0.3 is 14.6 Å². The normalized spacial score (nSPS) is 21.4. The van der Waals surface area contributed by atoms with Crippen molar-refractivity contribution in [3.05, 3.63) is 59.2 Å². The molecule has 1 N–H and O–H groups in total. The highest BCUT2D eigenvalue weighted by Gasteiger charge is 2.36. The summed E-state index contributed by atoms with van der Waals surface area (Å²) in [5.41, 5.74) is 2.38. The molecular formula is C17H19FN2O2. The second-order valence-electron chi connectivity index (χ2n) is 5.87. The maximum atomic E-state index is 13.1. The molecule has 2 aromatic rings. The number of amides is 1. The minimum absolute atomic E-state index is 0.101. The van der Waals surface area contributed by atoms with E-state index in [0.717, 1.165) is 11.1 Å². The summed E-state index contributed by atoms with van der Waals surface area (Å²) in [6.45, 7) is 2.19. The average Bonchev–Trinajstić information content (AvgIpc) is 3.02. The summed E-state index contributed by atoms with van der Waals surface area (Å²) in [6, 6.07) is 7.80. The minimum Gasteiger partial charge on any atom is -0.391 e. The van der Waals surface area contributed by atoms with E-state index in [-0.39, 0.29) is 17.8 Å². The molecule has 1 aliphatic rings. The standard InChI is InChI=1S/C17H19FN2O2/c1-11-7-8-19(2)16(11)17(22)20-10-14(21)9-15(20)12-3-5-13(18)6-4-12/h3-8,14-15,21H,9-10H2,1-2H3/t14-,15-/m1/s1. The summed E-state index contributed by atoms with van der Waals surface area (Å²) in [5, 5.41) is 10.00. The number of likely N-dealkylation sites (tertiary alicyclic amines) is 1. The van der Waals surface area contributed by atoms with Crippen LogP contribution in [0.15, 0.2) is 36.5 Å². The molecule has 1 aromatic carbocycles. The van der Waals surface area contributed by atoms with E-state index in [2.05, 4.69) is 0 Å². The van der Waals surface area contributed by atoms with Gasteiger partial charge in [-0.1, -0.05) is 12.1 Å². The maximum absolute atomic E-state index is 13.1. The molecule has 0 spiro atoms. The molecule has 1 amide bonds. The van der Waals surface area contributed by atoms with Gasteiger partial charge in [-0.15, -0.1) is 0 Å². The van der Waals surface area contributed by atoms with Gasteiger partial charge in [0.05, 0.1) is 12.1 Å². The molecular weight excluding hydrogens is 283 g/mol. The number of halogens is 1. The first kappa shape index (κ1) is 14.8. The van der Waals surface area contributed by atoms with Gasteiger partial charge in [0.15, 0.2) is 0 Å². The Hall–Kier alpha value is -2.14. The molecule has 22 heavy (non-hydrogen) atoms. The molecule has 4 nitrogen and oxygen atoms in total. The first-order chi connectivity index (χ1) is 10.5. The number of nitrogens with zero attached hydrogens (tertiary/aromatic N) is 2. The molecule has 116 valence electrons. The Kier molecular flexibility index (Phi) is 3.74. The van der Waals surface area contributed by atoms with E-state index in [1.54, 1.807) is 21.6 Å². The van der Waals surface area contributed by atoms with Crippen LogP contribution >= 0.6 is 0 Å². The van der Waals surface area contributed by atoms with Crippen LogP contribution in [-0.4, -0.2) is 33.1 Å². The van der Waals surface area contributed by atoms with Crippen LogP contribution in [0.25, 0.3) is 0 Å². The molecule has 1 fully saturated rings. The van der Waals surface area contributed by atoms with Crippen LogP contribution in [0.1, 0.15) is 34.1 Å². The first-order valence-electron chi connectivity index (χ1n) is 7.34. The van der Waals surface area contributed by atoms with E-state index in [0.29, 0.717) is 18.7 Å². The summed E-state index contributed by atoms with van der Waals surface area (Å²) in [7, 11) is 1.83. The minimum atomic E-state index is -0.556. The number of β-amino-alcohol motifs (C(OH)–C–C–N with tert-alkyl or cyclic N) is 1. The molecule has 0 unspecified atom stereocenters. The van der Waals surface area contributed by atoms with Crippen LogP contribution in [0.2, 0.25) is 0 Å². The fraction of sp³-hybridized carbons (Fsp3) is 0.353.